The fourth-order valence-corrected chi connectivity index (χ4v) is 2.86. The number of nitrogen functional groups attached to an aromatic ring is 1. The van der Waals surface area contributed by atoms with E-state index in [1.165, 1.54) is 10.2 Å². The molecule has 26 heavy (non-hydrogen) atoms. The third-order valence-electron chi connectivity index (χ3n) is 4.09. The van der Waals surface area contributed by atoms with Crippen LogP contribution in [0.25, 0.3) is 22.2 Å². The molecule has 0 saturated carbocycles. The second kappa shape index (κ2) is 6.61. The van der Waals surface area contributed by atoms with E-state index in [4.69, 9.17) is 17.3 Å². The van der Waals surface area contributed by atoms with Gasteiger partial charge in [0.05, 0.1) is 23.6 Å². The van der Waals surface area contributed by atoms with Crippen LogP contribution in [0.2, 0.25) is 5.15 Å². The number of hydrogen-bond acceptors (Lipinski definition) is 4. The zero-order chi connectivity index (χ0) is 18.1. The van der Waals surface area contributed by atoms with E-state index < -0.39 is 0 Å². The molecule has 6 heteroatoms. The van der Waals surface area contributed by atoms with E-state index in [0.29, 0.717) is 11.1 Å². The molecule has 4 aromatic rings. The zero-order valence-electron chi connectivity index (χ0n) is 14.1. The molecule has 0 unspecified atom stereocenters. The summed E-state index contributed by atoms with van der Waals surface area (Å²) < 4.78 is 1.53. The molecule has 0 aliphatic rings. The fraction of sp³-hybridized carbons (Fsp3) is 0.0500. The standard InChI is InChI=1S/C20H16ClN5/c1-13-6-8-14(9-7-13)18-12-26(20(22)25-18)23-11-16-10-15-4-2-3-5-17(15)24-19(16)21/h2-12H,1H3,(H2,22,25)/b23-11+. The molecule has 2 aromatic heterocycles. The second-order valence-electron chi connectivity index (χ2n) is 6.00. The van der Waals surface area contributed by atoms with Crippen LogP contribution in [0, 0.1) is 6.92 Å². The van der Waals surface area contributed by atoms with E-state index in [1.54, 1.807) is 12.4 Å². The zero-order valence-corrected chi connectivity index (χ0v) is 14.9. The lowest BCUT2D eigenvalue weighted by Crippen LogP contribution is -1.97. The van der Waals surface area contributed by atoms with Gasteiger partial charge in [-0.3, -0.25) is 0 Å². The number of fused-ring (bicyclic) bond motifs is 1. The number of rotatable bonds is 3. The van der Waals surface area contributed by atoms with E-state index in [9.17, 15) is 0 Å². The van der Waals surface area contributed by atoms with Crippen molar-refractivity contribution < 1.29 is 0 Å². The molecule has 128 valence electrons. The molecule has 2 aromatic carbocycles. The van der Waals surface area contributed by atoms with Gasteiger partial charge in [-0.25, -0.2) is 14.6 Å². The average molecular weight is 362 g/mol. The van der Waals surface area contributed by atoms with Crippen molar-refractivity contribution in [1.29, 1.82) is 0 Å². The minimum atomic E-state index is 0.307. The number of nitrogens with two attached hydrogens (primary N) is 1. The Hall–Kier alpha value is -3.18. The largest absolute Gasteiger partial charge is 0.368 e. The number of nitrogens with zero attached hydrogens (tertiary/aromatic N) is 4. The maximum Gasteiger partial charge on any atom is 0.221 e. The van der Waals surface area contributed by atoms with Gasteiger partial charge in [-0.15, -0.1) is 0 Å². The second-order valence-corrected chi connectivity index (χ2v) is 6.36. The fourth-order valence-electron chi connectivity index (χ4n) is 2.67. The summed E-state index contributed by atoms with van der Waals surface area (Å²) in [7, 11) is 0. The van der Waals surface area contributed by atoms with Crippen LogP contribution < -0.4 is 5.73 Å². The van der Waals surface area contributed by atoms with Crippen molar-refractivity contribution in [2.24, 2.45) is 5.10 Å². The predicted octanol–water partition coefficient (Wildman–Crippen LogP) is 4.52. The molecular formula is C20H16ClN5. The third kappa shape index (κ3) is 3.17. The summed E-state index contributed by atoms with van der Waals surface area (Å²) in [4.78, 5) is 8.76. The number of anilines is 1. The number of aromatic nitrogens is 3. The number of aryl methyl sites for hydroxylation is 1. The molecule has 0 aliphatic carbocycles. The topological polar surface area (TPSA) is 69.1 Å². The SMILES string of the molecule is Cc1ccc(-c2cn(/N=C/c3cc4ccccc4nc3Cl)c(N)n2)cc1. The molecule has 0 bridgehead atoms. The monoisotopic (exact) mass is 361 g/mol. The van der Waals surface area contributed by atoms with Crippen LogP contribution in [-0.2, 0) is 0 Å². The lowest BCUT2D eigenvalue weighted by molar-refractivity contribution is 0.898. The van der Waals surface area contributed by atoms with Crippen molar-refractivity contribution in [2.75, 3.05) is 5.73 Å². The Balaban J connectivity index is 1.67. The van der Waals surface area contributed by atoms with Gasteiger partial charge >= 0.3 is 0 Å². The summed E-state index contributed by atoms with van der Waals surface area (Å²) in [6.45, 7) is 2.04. The highest BCUT2D eigenvalue weighted by atomic mass is 35.5. The molecule has 0 saturated heterocycles. The maximum atomic E-state index is 6.27. The average Bonchev–Trinajstić information content (AvgIpc) is 3.01. The van der Waals surface area contributed by atoms with Crippen LogP contribution in [0.5, 0.6) is 0 Å². The molecule has 4 rings (SSSR count). The Morgan fingerprint density at radius 3 is 2.65 bits per heavy atom. The number of hydrogen-bond donors (Lipinski definition) is 1. The first-order chi connectivity index (χ1) is 12.6. The van der Waals surface area contributed by atoms with Crippen LogP contribution in [0.15, 0.2) is 65.9 Å². The summed E-state index contributed by atoms with van der Waals surface area (Å²) >= 11 is 6.27. The quantitative estimate of drug-likeness (QED) is 0.430. The van der Waals surface area contributed by atoms with Gasteiger partial charge < -0.3 is 5.73 Å². The van der Waals surface area contributed by atoms with Crippen molar-refractivity contribution in [3.63, 3.8) is 0 Å². The van der Waals surface area contributed by atoms with Crippen LogP contribution >= 0.6 is 11.6 Å². The van der Waals surface area contributed by atoms with Gasteiger partial charge in [0.2, 0.25) is 5.95 Å². The van der Waals surface area contributed by atoms with Gasteiger partial charge in [0, 0.05) is 16.5 Å². The van der Waals surface area contributed by atoms with Crippen LogP contribution in [-0.4, -0.2) is 20.9 Å². The smallest absolute Gasteiger partial charge is 0.221 e. The molecule has 5 nitrogen and oxygen atoms in total. The van der Waals surface area contributed by atoms with Gasteiger partial charge in [0.25, 0.3) is 0 Å². The first kappa shape index (κ1) is 16.3. The highest BCUT2D eigenvalue weighted by molar-refractivity contribution is 6.32. The van der Waals surface area contributed by atoms with Gasteiger partial charge in [-0.05, 0) is 19.1 Å². The van der Waals surface area contributed by atoms with Crippen molar-refractivity contribution in [2.45, 2.75) is 6.92 Å². The van der Waals surface area contributed by atoms with E-state index in [1.807, 2.05) is 61.5 Å². The molecule has 0 amide bonds. The Labute approximate surface area is 155 Å². The Bertz CT molecular complexity index is 1110. The molecule has 0 fully saturated rings. The first-order valence-corrected chi connectivity index (χ1v) is 8.49. The van der Waals surface area contributed by atoms with Crippen LogP contribution in [0.3, 0.4) is 0 Å². The number of halogens is 1. The number of benzene rings is 2. The summed E-state index contributed by atoms with van der Waals surface area (Å²) in [5, 5.41) is 5.78. The normalized spacial score (nSPS) is 11.5. The Morgan fingerprint density at radius 1 is 1.08 bits per heavy atom. The van der Waals surface area contributed by atoms with Crippen molar-refractivity contribution in [3.05, 3.63) is 77.1 Å². The molecule has 0 aliphatic heterocycles. The van der Waals surface area contributed by atoms with E-state index in [2.05, 4.69) is 15.1 Å². The van der Waals surface area contributed by atoms with Gasteiger partial charge in [0.15, 0.2) is 0 Å². The molecule has 2 N–H and O–H groups in total. The van der Waals surface area contributed by atoms with Crippen molar-refractivity contribution in [3.8, 4) is 11.3 Å². The highest BCUT2D eigenvalue weighted by Crippen LogP contribution is 2.21. The van der Waals surface area contributed by atoms with Gasteiger partial charge in [-0.1, -0.05) is 59.6 Å². The number of pyridine rings is 1. The van der Waals surface area contributed by atoms with Crippen molar-refractivity contribution >= 4 is 34.7 Å². The van der Waals surface area contributed by atoms with E-state index in [-0.39, 0.29) is 0 Å². The van der Waals surface area contributed by atoms with Crippen LogP contribution in [0.4, 0.5) is 5.95 Å². The van der Waals surface area contributed by atoms with E-state index in [0.717, 1.165) is 27.7 Å². The lowest BCUT2D eigenvalue weighted by atomic mass is 10.1. The molecule has 2 heterocycles. The summed E-state index contributed by atoms with van der Waals surface area (Å²) in [6.07, 6.45) is 3.43. The Kier molecular flexibility index (Phi) is 4.14. The molecule has 0 radical (unpaired) electrons. The van der Waals surface area contributed by atoms with E-state index >= 15 is 0 Å². The molecule has 0 atom stereocenters. The highest BCUT2D eigenvalue weighted by Gasteiger charge is 2.07. The van der Waals surface area contributed by atoms with Crippen molar-refractivity contribution in [1.82, 2.24) is 14.6 Å². The first-order valence-electron chi connectivity index (χ1n) is 8.12. The minimum absolute atomic E-state index is 0.307. The maximum absolute atomic E-state index is 6.27. The number of para-hydroxylation sites is 1. The van der Waals surface area contributed by atoms with Crippen LogP contribution in [0.1, 0.15) is 11.1 Å². The summed E-state index contributed by atoms with van der Waals surface area (Å²) in [5.41, 5.74) is 10.5. The molecule has 0 spiro atoms. The van der Waals surface area contributed by atoms with Gasteiger partial charge in [0.1, 0.15) is 5.15 Å². The third-order valence-corrected chi connectivity index (χ3v) is 4.39. The van der Waals surface area contributed by atoms with Gasteiger partial charge in [-0.2, -0.15) is 5.10 Å². The predicted molar refractivity (Wildman–Crippen MR) is 107 cm³/mol. The minimum Gasteiger partial charge on any atom is -0.368 e. The summed E-state index contributed by atoms with van der Waals surface area (Å²) in [5.74, 6) is 0.307. The summed E-state index contributed by atoms with van der Waals surface area (Å²) in [6, 6.07) is 17.8. The molecular weight excluding hydrogens is 346 g/mol. The lowest BCUT2D eigenvalue weighted by Gasteiger charge is -2.01. The Morgan fingerprint density at radius 2 is 1.85 bits per heavy atom. The number of imidazole rings is 1.